The maximum atomic E-state index is 5.76. The van der Waals surface area contributed by atoms with Crippen LogP contribution in [0.1, 0.15) is 24.7 Å². The van der Waals surface area contributed by atoms with Crippen molar-refractivity contribution in [2.24, 2.45) is 0 Å². The van der Waals surface area contributed by atoms with Crippen LogP contribution >= 0.6 is 0 Å². The van der Waals surface area contributed by atoms with Crippen LogP contribution in [0.5, 0.6) is 0 Å². The van der Waals surface area contributed by atoms with Crippen molar-refractivity contribution < 1.29 is 4.42 Å². The van der Waals surface area contributed by atoms with E-state index in [0.717, 1.165) is 29.9 Å². The van der Waals surface area contributed by atoms with Gasteiger partial charge < -0.3 is 10.2 Å². The van der Waals surface area contributed by atoms with Crippen LogP contribution in [0, 0.1) is 0 Å². The second-order valence-electron chi connectivity index (χ2n) is 4.05. The molecule has 0 aliphatic heterocycles. The summed E-state index contributed by atoms with van der Waals surface area (Å²) >= 11 is 0. The summed E-state index contributed by atoms with van der Waals surface area (Å²) in [5.74, 6) is 0.997. The van der Waals surface area contributed by atoms with Crippen LogP contribution in [0.4, 0.5) is 5.69 Å². The fraction of sp³-hybridized carbons (Fsp3) is 0.200. The molecule has 17 heavy (non-hydrogen) atoms. The first-order chi connectivity index (χ1) is 8.26. The van der Waals surface area contributed by atoms with Crippen molar-refractivity contribution in [2.75, 3.05) is 5.73 Å². The summed E-state index contributed by atoms with van der Waals surface area (Å²) in [5, 5.41) is 1.17. The lowest BCUT2D eigenvalue weighted by Gasteiger charge is -2.02. The normalized spacial score (nSPS) is 12.8. The van der Waals surface area contributed by atoms with E-state index in [4.69, 9.17) is 10.2 Å². The zero-order valence-corrected chi connectivity index (χ0v) is 10.1. The van der Waals surface area contributed by atoms with E-state index in [2.05, 4.69) is 18.7 Å². The molecule has 88 valence electrons. The van der Waals surface area contributed by atoms with Crippen molar-refractivity contribution in [1.29, 1.82) is 0 Å². The van der Waals surface area contributed by atoms with Gasteiger partial charge in [-0.3, -0.25) is 0 Å². The third-order valence-electron chi connectivity index (χ3n) is 2.68. The molecular formula is C15H17NO. The highest BCUT2D eigenvalue weighted by atomic mass is 16.3. The van der Waals surface area contributed by atoms with Gasteiger partial charge in [0.05, 0.1) is 0 Å². The van der Waals surface area contributed by atoms with Gasteiger partial charge in [0.1, 0.15) is 11.3 Å². The number of rotatable bonds is 0. The number of allylic oxidation sites excluding steroid dienone is 2. The average Bonchev–Trinajstić information content (AvgIpc) is 2.68. The molecule has 0 spiro atoms. The molecule has 0 saturated heterocycles. The molecule has 3 rings (SSSR count). The number of nitrogens with two attached hydrogens (primary N) is 1. The molecule has 0 bridgehead atoms. The van der Waals surface area contributed by atoms with Gasteiger partial charge in [0.25, 0.3) is 0 Å². The van der Waals surface area contributed by atoms with Crippen molar-refractivity contribution in [3.05, 3.63) is 48.3 Å². The van der Waals surface area contributed by atoms with E-state index in [1.807, 2.05) is 25.1 Å². The predicted molar refractivity (Wildman–Crippen MR) is 73.9 cm³/mol. The Morgan fingerprint density at radius 2 is 2.18 bits per heavy atom. The molecule has 2 N–H and O–H groups in total. The van der Waals surface area contributed by atoms with E-state index >= 15 is 0 Å². The number of anilines is 1. The lowest BCUT2D eigenvalue weighted by atomic mass is 10.0. The van der Waals surface area contributed by atoms with Crippen LogP contribution in [0.15, 0.2) is 41.3 Å². The molecule has 1 heterocycles. The van der Waals surface area contributed by atoms with Crippen molar-refractivity contribution >= 4 is 22.7 Å². The van der Waals surface area contributed by atoms with Crippen LogP contribution in [-0.4, -0.2) is 0 Å². The Hall–Kier alpha value is -1.96. The first-order valence-electron chi connectivity index (χ1n) is 5.80. The molecule has 2 aromatic rings. The third kappa shape index (κ3) is 2.26. The number of benzene rings is 1. The highest BCUT2D eigenvalue weighted by Gasteiger charge is 2.13. The molecule has 2 nitrogen and oxygen atoms in total. The molecule has 2 heteroatoms. The SMILES string of the molecule is C=CC.Nc1ccc2oc3c(c2c1)CCC=C3. The second-order valence-corrected chi connectivity index (χ2v) is 4.05. The fourth-order valence-corrected chi connectivity index (χ4v) is 2.00. The summed E-state index contributed by atoms with van der Waals surface area (Å²) in [7, 11) is 0. The van der Waals surface area contributed by atoms with E-state index in [-0.39, 0.29) is 0 Å². The summed E-state index contributed by atoms with van der Waals surface area (Å²) in [6.07, 6.45) is 8.10. The summed E-state index contributed by atoms with van der Waals surface area (Å²) in [6, 6.07) is 5.81. The van der Waals surface area contributed by atoms with Crippen molar-refractivity contribution in [2.45, 2.75) is 19.8 Å². The van der Waals surface area contributed by atoms with Crippen LogP contribution < -0.4 is 5.73 Å². The van der Waals surface area contributed by atoms with Crippen LogP contribution in [0.25, 0.3) is 17.0 Å². The van der Waals surface area contributed by atoms with Gasteiger partial charge in [0.2, 0.25) is 0 Å². The monoisotopic (exact) mass is 227 g/mol. The number of hydrogen-bond acceptors (Lipinski definition) is 2. The number of nitrogen functional groups attached to an aromatic ring is 1. The van der Waals surface area contributed by atoms with Gasteiger partial charge in [-0.25, -0.2) is 0 Å². The highest BCUT2D eigenvalue weighted by molar-refractivity contribution is 5.87. The molecule has 0 amide bonds. The fourth-order valence-electron chi connectivity index (χ4n) is 2.00. The van der Waals surface area contributed by atoms with Crippen molar-refractivity contribution in [3.63, 3.8) is 0 Å². The Morgan fingerprint density at radius 3 is 2.94 bits per heavy atom. The molecule has 1 aliphatic rings. The smallest absolute Gasteiger partial charge is 0.135 e. The Morgan fingerprint density at radius 1 is 1.41 bits per heavy atom. The largest absolute Gasteiger partial charge is 0.456 e. The Kier molecular flexibility index (Phi) is 3.33. The Balaban J connectivity index is 0.000000329. The Bertz CT molecular complexity index is 564. The Labute approximate surface area is 101 Å². The summed E-state index contributed by atoms with van der Waals surface area (Å²) in [4.78, 5) is 0. The number of fused-ring (bicyclic) bond motifs is 3. The minimum absolute atomic E-state index is 0.802. The highest BCUT2D eigenvalue weighted by Crippen LogP contribution is 2.31. The quantitative estimate of drug-likeness (QED) is 0.542. The summed E-state index contributed by atoms with van der Waals surface area (Å²) in [5.41, 5.74) is 8.80. The van der Waals surface area contributed by atoms with Gasteiger partial charge in [0.15, 0.2) is 0 Å². The minimum atomic E-state index is 0.802. The molecule has 1 aromatic heterocycles. The predicted octanol–water partition coefficient (Wildman–Crippen LogP) is 4.17. The first kappa shape index (κ1) is 11.5. The molecule has 0 fully saturated rings. The topological polar surface area (TPSA) is 39.2 Å². The van der Waals surface area contributed by atoms with E-state index in [1.165, 1.54) is 10.9 Å². The summed E-state index contributed by atoms with van der Waals surface area (Å²) < 4.78 is 5.70. The van der Waals surface area contributed by atoms with Crippen molar-refractivity contribution in [3.8, 4) is 0 Å². The first-order valence-corrected chi connectivity index (χ1v) is 5.80. The molecule has 0 radical (unpaired) electrons. The maximum absolute atomic E-state index is 5.76. The lowest BCUT2D eigenvalue weighted by molar-refractivity contribution is 0.595. The van der Waals surface area contributed by atoms with Gasteiger partial charge >= 0.3 is 0 Å². The third-order valence-corrected chi connectivity index (χ3v) is 2.68. The number of furan rings is 1. The van der Waals surface area contributed by atoms with Crippen LogP contribution in [-0.2, 0) is 6.42 Å². The molecule has 0 saturated carbocycles. The molecule has 1 aromatic carbocycles. The minimum Gasteiger partial charge on any atom is -0.456 e. The average molecular weight is 227 g/mol. The molecular weight excluding hydrogens is 210 g/mol. The lowest BCUT2D eigenvalue weighted by Crippen LogP contribution is -1.90. The van der Waals surface area contributed by atoms with Gasteiger partial charge in [0, 0.05) is 16.6 Å². The molecule has 0 atom stereocenters. The summed E-state index contributed by atoms with van der Waals surface area (Å²) in [6.45, 7) is 5.25. The van der Waals surface area contributed by atoms with Gasteiger partial charge in [-0.2, -0.15) is 0 Å². The number of hydrogen-bond donors (Lipinski definition) is 1. The zero-order valence-electron chi connectivity index (χ0n) is 10.1. The van der Waals surface area contributed by atoms with Crippen LogP contribution in [0.2, 0.25) is 0 Å². The van der Waals surface area contributed by atoms with Gasteiger partial charge in [-0.05, 0) is 44.0 Å². The van der Waals surface area contributed by atoms with Gasteiger partial charge in [-0.15, -0.1) is 6.58 Å². The van der Waals surface area contributed by atoms with E-state index in [1.54, 1.807) is 6.08 Å². The second kappa shape index (κ2) is 4.91. The molecule has 1 aliphatic carbocycles. The molecule has 0 unspecified atom stereocenters. The number of aryl methyl sites for hydroxylation is 1. The van der Waals surface area contributed by atoms with E-state index in [0.29, 0.717) is 0 Å². The van der Waals surface area contributed by atoms with Crippen LogP contribution in [0.3, 0.4) is 0 Å². The standard InChI is InChI=1S/C12H11NO.C3H6/c13-8-5-6-12-10(7-8)9-3-1-2-4-11(9)14-12;1-3-2/h2,4-7H,1,3,13H2;3H,1H2,2H3. The zero-order chi connectivity index (χ0) is 12.3. The maximum Gasteiger partial charge on any atom is 0.135 e. The van der Waals surface area contributed by atoms with E-state index < -0.39 is 0 Å². The van der Waals surface area contributed by atoms with Crippen molar-refractivity contribution in [1.82, 2.24) is 0 Å². The van der Waals surface area contributed by atoms with Gasteiger partial charge in [-0.1, -0.05) is 12.2 Å². The van der Waals surface area contributed by atoms with E-state index in [9.17, 15) is 0 Å².